The minimum atomic E-state index is -4.34. The lowest BCUT2D eigenvalue weighted by molar-refractivity contribution is -0.137. The zero-order chi connectivity index (χ0) is 15.7. The van der Waals surface area contributed by atoms with E-state index in [9.17, 15) is 13.2 Å². The topological polar surface area (TPSA) is 22.4 Å². The van der Waals surface area contributed by atoms with Gasteiger partial charge in [0.2, 0.25) is 0 Å². The van der Waals surface area contributed by atoms with Gasteiger partial charge in [-0.15, -0.1) is 0 Å². The van der Waals surface area contributed by atoms with Crippen molar-refractivity contribution < 1.29 is 22.3 Å². The molecule has 3 rings (SSSR count). The van der Waals surface area contributed by atoms with Gasteiger partial charge in [-0.1, -0.05) is 18.2 Å². The molecule has 0 atom stereocenters. The highest BCUT2D eigenvalue weighted by Crippen LogP contribution is 2.31. The number of furan rings is 1. The first-order chi connectivity index (χ1) is 10.4. The van der Waals surface area contributed by atoms with Gasteiger partial charge in [0.15, 0.2) is 0 Å². The third-order valence-corrected chi connectivity index (χ3v) is 3.45. The molecule has 0 aliphatic carbocycles. The molecule has 0 amide bonds. The number of aryl methyl sites for hydroxylation is 1. The van der Waals surface area contributed by atoms with E-state index >= 15 is 0 Å². The second kappa shape index (κ2) is 5.40. The second-order valence-corrected chi connectivity index (χ2v) is 5.02. The van der Waals surface area contributed by atoms with E-state index in [-0.39, 0.29) is 6.61 Å². The molecular formula is C17H13F3O2. The van der Waals surface area contributed by atoms with Crippen LogP contribution >= 0.6 is 0 Å². The Kier molecular flexibility index (Phi) is 3.56. The number of alkyl halides is 3. The first-order valence-corrected chi connectivity index (χ1v) is 6.71. The Hall–Kier alpha value is -2.43. The molecule has 2 nitrogen and oxygen atoms in total. The van der Waals surface area contributed by atoms with E-state index in [1.165, 1.54) is 12.1 Å². The molecule has 1 aromatic heterocycles. The van der Waals surface area contributed by atoms with Crippen LogP contribution in [0.25, 0.3) is 11.0 Å². The monoisotopic (exact) mass is 306 g/mol. The lowest BCUT2D eigenvalue weighted by Gasteiger charge is -2.08. The Morgan fingerprint density at radius 1 is 1.05 bits per heavy atom. The molecule has 22 heavy (non-hydrogen) atoms. The van der Waals surface area contributed by atoms with Gasteiger partial charge in [0.25, 0.3) is 0 Å². The van der Waals surface area contributed by atoms with Crippen molar-refractivity contribution in [1.82, 2.24) is 0 Å². The highest BCUT2D eigenvalue weighted by atomic mass is 19.4. The zero-order valence-electron chi connectivity index (χ0n) is 11.8. The van der Waals surface area contributed by atoms with Crippen LogP contribution in [0.1, 0.15) is 16.7 Å². The van der Waals surface area contributed by atoms with Gasteiger partial charge in [-0.05, 0) is 36.8 Å². The Balaban J connectivity index is 1.75. The van der Waals surface area contributed by atoms with Gasteiger partial charge in [0, 0.05) is 10.9 Å². The smallest absolute Gasteiger partial charge is 0.416 e. The van der Waals surface area contributed by atoms with Crippen molar-refractivity contribution >= 4 is 11.0 Å². The summed E-state index contributed by atoms with van der Waals surface area (Å²) in [5.41, 5.74) is 2.00. The third-order valence-electron chi connectivity index (χ3n) is 3.45. The van der Waals surface area contributed by atoms with Gasteiger partial charge >= 0.3 is 6.18 Å². The molecule has 114 valence electrons. The molecule has 0 saturated carbocycles. The van der Waals surface area contributed by atoms with Crippen LogP contribution in [-0.2, 0) is 12.8 Å². The van der Waals surface area contributed by atoms with Crippen LogP contribution < -0.4 is 4.74 Å². The molecular weight excluding hydrogens is 293 g/mol. The Labute approximate surface area is 125 Å². The molecule has 0 bridgehead atoms. The van der Waals surface area contributed by atoms with Crippen molar-refractivity contribution in [3.8, 4) is 5.75 Å². The van der Waals surface area contributed by atoms with Gasteiger partial charge in [0.1, 0.15) is 17.9 Å². The third kappa shape index (κ3) is 2.79. The van der Waals surface area contributed by atoms with Crippen LogP contribution in [-0.4, -0.2) is 0 Å². The summed E-state index contributed by atoms with van der Waals surface area (Å²) in [6, 6.07) is 10.4. The number of ether oxygens (including phenoxy) is 1. The van der Waals surface area contributed by atoms with Crippen LogP contribution in [0, 0.1) is 6.92 Å². The molecule has 5 heteroatoms. The number of para-hydroxylation sites is 1. The molecule has 0 fully saturated rings. The van der Waals surface area contributed by atoms with Crippen molar-refractivity contribution in [3.63, 3.8) is 0 Å². The fourth-order valence-electron chi connectivity index (χ4n) is 2.27. The fraction of sp³-hybridized carbons (Fsp3) is 0.176. The van der Waals surface area contributed by atoms with E-state index in [1.807, 2.05) is 25.1 Å². The lowest BCUT2D eigenvalue weighted by atomic mass is 10.1. The van der Waals surface area contributed by atoms with E-state index in [0.29, 0.717) is 5.75 Å². The quantitative estimate of drug-likeness (QED) is 0.652. The standard InChI is InChI=1S/C17H13F3O2/c1-11-3-2-4-15-12(10-22-16(11)15)9-21-14-7-5-13(6-8-14)17(18,19)20/h2-8,10H,9H2,1H3. The number of hydrogen-bond acceptors (Lipinski definition) is 2. The molecule has 0 spiro atoms. The van der Waals surface area contributed by atoms with Crippen molar-refractivity contribution in [2.24, 2.45) is 0 Å². The predicted molar refractivity (Wildman–Crippen MR) is 76.7 cm³/mol. The average Bonchev–Trinajstić information content (AvgIpc) is 2.89. The molecule has 0 aliphatic rings. The molecule has 0 radical (unpaired) electrons. The maximum atomic E-state index is 12.5. The second-order valence-electron chi connectivity index (χ2n) is 5.02. The molecule has 2 aromatic carbocycles. The number of rotatable bonds is 3. The number of fused-ring (bicyclic) bond motifs is 1. The molecule has 1 heterocycles. The predicted octanol–water partition coefficient (Wildman–Crippen LogP) is 5.34. The minimum absolute atomic E-state index is 0.238. The summed E-state index contributed by atoms with van der Waals surface area (Å²) in [6.07, 6.45) is -2.72. The Bertz CT molecular complexity index is 786. The van der Waals surface area contributed by atoms with Crippen molar-refractivity contribution in [2.75, 3.05) is 0 Å². The first kappa shape index (κ1) is 14.5. The Morgan fingerprint density at radius 2 is 1.77 bits per heavy atom. The van der Waals surface area contributed by atoms with Crippen molar-refractivity contribution in [3.05, 3.63) is 65.4 Å². The van der Waals surface area contributed by atoms with Gasteiger partial charge in [-0.3, -0.25) is 0 Å². The lowest BCUT2D eigenvalue weighted by Crippen LogP contribution is -2.04. The number of halogens is 3. The van der Waals surface area contributed by atoms with E-state index in [1.54, 1.807) is 6.26 Å². The normalized spacial score (nSPS) is 11.8. The molecule has 0 aliphatic heterocycles. The summed E-state index contributed by atoms with van der Waals surface area (Å²) >= 11 is 0. The summed E-state index contributed by atoms with van der Waals surface area (Å²) < 4.78 is 48.5. The van der Waals surface area contributed by atoms with E-state index < -0.39 is 11.7 Å². The molecule has 3 aromatic rings. The highest BCUT2D eigenvalue weighted by molar-refractivity contribution is 5.83. The van der Waals surface area contributed by atoms with Crippen molar-refractivity contribution in [1.29, 1.82) is 0 Å². The first-order valence-electron chi connectivity index (χ1n) is 6.71. The van der Waals surface area contributed by atoms with Gasteiger partial charge < -0.3 is 9.15 Å². The number of hydrogen-bond donors (Lipinski definition) is 0. The minimum Gasteiger partial charge on any atom is -0.489 e. The van der Waals surface area contributed by atoms with E-state index in [0.717, 1.165) is 34.2 Å². The van der Waals surface area contributed by atoms with Gasteiger partial charge in [-0.25, -0.2) is 0 Å². The highest BCUT2D eigenvalue weighted by Gasteiger charge is 2.30. The van der Waals surface area contributed by atoms with E-state index in [4.69, 9.17) is 9.15 Å². The van der Waals surface area contributed by atoms with Crippen LogP contribution in [0.2, 0.25) is 0 Å². The zero-order valence-corrected chi connectivity index (χ0v) is 11.8. The largest absolute Gasteiger partial charge is 0.489 e. The van der Waals surface area contributed by atoms with Gasteiger partial charge in [0.05, 0.1) is 11.8 Å². The molecule has 0 N–H and O–H groups in total. The Morgan fingerprint density at radius 3 is 2.45 bits per heavy atom. The van der Waals surface area contributed by atoms with Crippen molar-refractivity contribution in [2.45, 2.75) is 19.7 Å². The van der Waals surface area contributed by atoms with Gasteiger partial charge in [-0.2, -0.15) is 13.2 Å². The maximum Gasteiger partial charge on any atom is 0.416 e. The summed E-state index contributed by atoms with van der Waals surface area (Å²) in [7, 11) is 0. The summed E-state index contributed by atoms with van der Waals surface area (Å²) in [4.78, 5) is 0. The van der Waals surface area contributed by atoms with Crippen LogP contribution in [0.3, 0.4) is 0 Å². The molecule has 0 unspecified atom stereocenters. The van der Waals surface area contributed by atoms with Crippen LogP contribution in [0.15, 0.2) is 53.1 Å². The summed E-state index contributed by atoms with van der Waals surface area (Å²) in [5, 5.41) is 0.951. The van der Waals surface area contributed by atoms with Crippen LogP contribution in [0.4, 0.5) is 13.2 Å². The number of benzene rings is 2. The average molecular weight is 306 g/mol. The SMILES string of the molecule is Cc1cccc2c(COc3ccc(C(F)(F)F)cc3)coc12. The van der Waals surface area contributed by atoms with Crippen LogP contribution in [0.5, 0.6) is 5.75 Å². The fourth-order valence-corrected chi connectivity index (χ4v) is 2.27. The summed E-state index contributed by atoms with van der Waals surface area (Å²) in [6.45, 7) is 2.19. The molecule has 0 saturated heterocycles. The maximum absolute atomic E-state index is 12.5. The summed E-state index contributed by atoms with van der Waals surface area (Å²) in [5.74, 6) is 0.384. The van der Waals surface area contributed by atoms with E-state index in [2.05, 4.69) is 0 Å².